The number of carbonyl (C=O) groups excluding carboxylic acids is 8. The Hall–Kier alpha value is -12.1. The van der Waals surface area contributed by atoms with Crippen molar-refractivity contribution in [2.45, 2.75) is 212 Å². The van der Waals surface area contributed by atoms with Crippen LogP contribution < -0.4 is 72.0 Å². The van der Waals surface area contributed by atoms with Crippen molar-refractivity contribution < 1.29 is 162 Å². The molecule has 25 N–H and O–H groups in total. The van der Waals surface area contributed by atoms with Gasteiger partial charge in [-0.2, -0.15) is 0 Å². The van der Waals surface area contributed by atoms with Gasteiger partial charge in [-0.25, -0.2) is 4.79 Å². The van der Waals surface area contributed by atoms with Gasteiger partial charge in [0.15, 0.2) is 35.3 Å². The number of carbonyl (C=O) groups is 9. The number of aliphatic hydroxyl groups excluding tert-OH is 10. The molecule has 0 aromatic heterocycles. The summed E-state index contributed by atoms with van der Waals surface area (Å²) in [4.78, 5) is 138. The molecule has 0 saturated carbocycles. The highest BCUT2D eigenvalue weighted by atomic mass is 35.5. The number of nitrogens with one attached hydrogen (secondary N) is 8. The van der Waals surface area contributed by atoms with Crippen LogP contribution in [0.3, 0.4) is 0 Å². The Morgan fingerprint density at radius 3 is 1.66 bits per heavy atom. The third-order valence-electron chi connectivity index (χ3n) is 23.5. The molecule has 706 valence electrons. The summed E-state index contributed by atoms with van der Waals surface area (Å²) >= 11 is 14.7. The fraction of sp³-hybridized carbons (Fsp3) is 0.420. The molecule has 0 unspecified atom stereocenters. The second-order valence-corrected chi connectivity index (χ2v) is 33.5. The molecule has 9 heterocycles. The van der Waals surface area contributed by atoms with Crippen molar-refractivity contribution in [3.63, 3.8) is 0 Å². The Morgan fingerprint density at radius 1 is 0.485 bits per heavy atom. The number of hydrogen-bond acceptors (Lipinski definition) is 33. The molecule has 17 bridgehead atoms. The van der Waals surface area contributed by atoms with Crippen LogP contribution in [0.5, 0.6) is 69.0 Å². The fourth-order valence-corrected chi connectivity index (χ4v) is 17.0. The number of aliphatic hydroxyl groups is 10. The van der Waals surface area contributed by atoms with Gasteiger partial charge < -0.3 is 167 Å². The molecule has 3 saturated heterocycles. The van der Waals surface area contributed by atoms with Crippen LogP contribution in [0.4, 0.5) is 0 Å². The molecule has 8 amide bonds. The molecule has 0 radical (unpaired) electrons. The average molecular weight is 1880 g/mol. The van der Waals surface area contributed by atoms with Crippen molar-refractivity contribution in [3.05, 3.63) is 164 Å². The van der Waals surface area contributed by atoms with Crippen molar-refractivity contribution in [3.8, 4) is 80.1 Å². The van der Waals surface area contributed by atoms with Gasteiger partial charge in [0.2, 0.25) is 65.6 Å². The highest BCUT2D eigenvalue weighted by Gasteiger charge is 2.52. The minimum atomic E-state index is -2.59. The van der Waals surface area contributed by atoms with Crippen LogP contribution >= 0.6 is 23.2 Å². The molecule has 44 heteroatoms. The molecule has 42 nitrogen and oxygen atoms in total. The number of halogens is 2. The normalized spacial score (nSPS) is 28.9. The van der Waals surface area contributed by atoms with Gasteiger partial charge in [-0.1, -0.05) is 92.9 Å². The van der Waals surface area contributed by atoms with E-state index in [2.05, 4.69) is 49.5 Å². The van der Waals surface area contributed by atoms with Crippen LogP contribution in [0.25, 0.3) is 11.1 Å². The molecule has 132 heavy (non-hydrogen) atoms. The summed E-state index contributed by atoms with van der Waals surface area (Å²) in [5, 5.41) is 190. The third kappa shape index (κ3) is 20.7. The van der Waals surface area contributed by atoms with E-state index in [1.807, 2.05) is 0 Å². The summed E-state index contributed by atoms with van der Waals surface area (Å²) in [5.41, 5.74) is 2.79. The number of phenols is 4. The molecule has 7 aromatic carbocycles. The highest BCUT2D eigenvalue weighted by molar-refractivity contribution is 6.32. The molecule has 3 fully saturated rings. The lowest BCUT2D eigenvalue weighted by Gasteiger charge is -2.44. The number of ether oxygens (including phenoxy) is 9. The zero-order valence-electron chi connectivity index (χ0n) is 70.1. The number of fused-ring (bicyclic) bond motifs is 14. The Bertz CT molecular complexity index is 5540. The number of unbranched alkanes of at least 4 members (excludes halogenated alkanes) is 6. The first-order chi connectivity index (χ1) is 63.0. The Kier molecular flexibility index (Phi) is 29.8. The van der Waals surface area contributed by atoms with E-state index in [4.69, 9.17) is 71.6 Å². The van der Waals surface area contributed by atoms with Crippen LogP contribution in [0, 0.1) is 0 Å². The molecule has 9 aliphatic rings. The van der Waals surface area contributed by atoms with Crippen LogP contribution in [-0.2, 0) is 68.5 Å². The molecule has 23 atom stereocenters. The maximum Gasteiger partial charge on any atom is 0.330 e. The third-order valence-corrected chi connectivity index (χ3v) is 24.0. The summed E-state index contributed by atoms with van der Waals surface area (Å²) in [6, 6.07) is 0.681. The van der Waals surface area contributed by atoms with E-state index in [0.717, 1.165) is 124 Å². The summed E-state index contributed by atoms with van der Waals surface area (Å²) in [6.07, 6.45) is -23.8. The summed E-state index contributed by atoms with van der Waals surface area (Å²) < 4.78 is 57.5. The van der Waals surface area contributed by atoms with Crippen LogP contribution in [0.15, 0.2) is 115 Å². The molecular formula is C88H97Cl2N9O33. The van der Waals surface area contributed by atoms with E-state index in [1.165, 1.54) is 30.3 Å². The van der Waals surface area contributed by atoms with Gasteiger partial charge in [0, 0.05) is 48.6 Å². The van der Waals surface area contributed by atoms with E-state index in [-0.39, 0.29) is 39.8 Å². The van der Waals surface area contributed by atoms with E-state index in [1.54, 1.807) is 0 Å². The van der Waals surface area contributed by atoms with Gasteiger partial charge in [0.05, 0.1) is 29.9 Å². The minimum absolute atomic E-state index is 0.0272. The van der Waals surface area contributed by atoms with E-state index in [9.17, 15) is 95.8 Å². The smallest absolute Gasteiger partial charge is 0.330 e. The number of rotatable bonds is 20. The molecular weight excluding hydrogens is 1780 g/mol. The number of carboxylic acid groups (broad SMARTS) is 1. The Labute approximate surface area is 759 Å². The van der Waals surface area contributed by atoms with Crippen LogP contribution in [0.2, 0.25) is 10.0 Å². The number of benzene rings is 7. The summed E-state index contributed by atoms with van der Waals surface area (Å²) in [5.74, 6) is -19.5. The van der Waals surface area contributed by atoms with Gasteiger partial charge in [0.25, 0.3) is 0 Å². The van der Waals surface area contributed by atoms with Crippen LogP contribution in [-0.4, -0.2) is 254 Å². The maximum atomic E-state index is 17.0. The average Bonchev–Trinajstić information content (AvgIpc) is 0.757. The maximum absolute atomic E-state index is 17.0. The van der Waals surface area contributed by atoms with Gasteiger partial charge in [-0.15, -0.1) is 0 Å². The van der Waals surface area contributed by atoms with Crippen molar-refractivity contribution >= 4 is 76.4 Å². The van der Waals surface area contributed by atoms with Gasteiger partial charge in [0.1, 0.15) is 156 Å². The number of carboxylic acids is 1. The van der Waals surface area contributed by atoms with Crippen LogP contribution in [0.1, 0.15) is 140 Å². The second-order valence-electron chi connectivity index (χ2n) is 32.7. The Balaban J connectivity index is 1.04. The lowest BCUT2D eigenvalue weighted by atomic mass is 9.89. The molecule has 0 spiro atoms. The topological polar surface area (TPSA) is 662 Å². The summed E-state index contributed by atoms with van der Waals surface area (Å²) in [6.45, 7) is -0.110. The van der Waals surface area contributed by atoms with Gasteiger partial charge >= 0.3 is 5.97 Å². The van der Waals surface area contributed by atoms with Crippen molar-refractivity contribution in [1.82, 2.24) is 42.5 Å². The highest BCUT2D eigenvalue weighted by Crippen LogP contribution is 2.51. The predicted molar refractivity (Wildman–Crippen MR) is 453 cm³/mol. The zero-order valence-corrected chi connectivity index (χ0v) is 71.6. The quantitative estimate of drug-likeness (QED) is 0.0476. The van der Waals surface area contributed by atoms with E-state index >= 15 is 24.0 Å². The number of aliphatic carboxylic acids is 1. The fourth-order valence-electron chi connectivity index (χ4n) is 16.5. The molecule has 7 aromatic rings. The van der Waals surface area contributed by atoms with Gasteiger partial charge in [-0.3, -0.25) is 38.4 Å². The van der Waals surface area contributed by atoms with Crippen molar-refractivity contribution in [2.75, 3.05) is 19.8 Å². The van der Waals surface area contributed by atoms with Gasteiger partial charge in [-0.05, 0) is 119 Å². The first-order valence-electron chi connectivity index (χ1n) is 42.1. The number of nitrogens with two attached hydrogens (primary N) is 1. The molecule has 9 aliphatic heterocycles. The standard InChI is InChI=1S/C88H97Cl2N9O33/c1-3-4-5-6-7-8-9-10-60(108)94-68-74(113)71(110)58(32-101)129-87(68)132-78-55-26-40-27-56(78)126-52-18-14-38(24-47(52)90)77(131-86-67(92-34(2)103)73(112)70(109)57(31-100)128-86)69-84(121)98-66(85(122)123)45-29-42(105)30-54(127-88-76(115)75(114)72(111)59(33-102)130-88)61(45)44-23-37(13-15-49(44)106)63(81(118)99-69)96-83(120)65(40)97-82(119)64-39-21-41(104)28-43(22-39)124-53-25-36(12-16-50(53)107)62(91)80(117)93-48(79(116)95-64)20-35-11-17-51(125-55)46(89)19-35/h11-19,21-30,48,57-59,62-77,86-88,100-102,104-107,109-115H,3-10,20,31-33,91H2,1-2H3,(H,92,103)(H,93,117)(H,94,108)(H,95,116)(H,96,120)(H,97,119)(H,98,121)(H,99,118)(H,122,123)/t48-,57-,58-,59-,62+,63-,64+,65-,66+,67-,68-,69+,70-,71-,72-,73-,74-,75+,76+,77-,86+,87+,88+/m1/s1. The van der Waals surface area contributed by atoms with E-state index < -0.39 is 316 Å². The predicted octanol–water partition coefficient (Wildman–Crippen LogP) is 1.16. The number of amides is 8. The first kappa shape index (κ1) is 96.0. The number of hydrogen-bond donors (Lipinski definition) is 24. The molecule has 16 rings (SSSR count). The first-order valence-corrected chi connectivity index (χ1v) is 42.9. The lowest BCUT2D eigenvalue weighted by molar-refractivity contribution is -0.284. The summed E-state index contributed by atoms with van der Waals surface area (Å²) in [7, 11) is 0. The number of phenolic OH excluding ortho intramolecular Hbond substituents is 4. The monoisotopic (exact) mass is 1880 g/mol. The minimum Gasteiger partial charge on any atom is -0.508 e. The van der Waals surface area contributed by atoms with E-state index in [0.29, 0.717) is 12.8 Å². The SMILES string of the molecule is CCCCCCCCCC(=O)N[C@H]1[C@H](Oc2c3cc4cc2Oc2ccc(cc2Cl)[C@@H](O[C@@H]2O[C@H](CO)[C@@H](O)[C@H](O)[C@H]2NC(C)=O)[C@@H]2NC(=O)[C@H](NC(=O)[C@@H]4NC(=O)[C@H]4NC(=O)[C@@H](Cc5ccc(c(Cl)c5)O3)NC(=O)[C@@H](N)c3ccc(O)c(c3)Oc3cc(O)cc4c3)c3ccc(O)c(c3)-c3c(O[C@H]4O[C@H](CO)[C@@H](O)[C@H](O)[C@@H]4O)cc(O)cc3[C@@H](C(=O)O)NC2=O)O[C@H](CO)[C@@H](O)[C@@H]1O. The lowest BCUT2D eigenvalue weighted by Crippen LogP contribution is -2.65. The Morgan fingerprint density at radius 2 is 1.03 bits per heavy atom. The number of aromatic hydroxyl groups is 4. The second kappa shape index (κ2) is 41.0. The molecule has 0 aliphatic carbocycles. The van der Waals surface area contributed by atoms with Crippen molar-refractivity contribution in [1.29, 1.82) is 0 Å². The zero-order chi connectivity index (χ0) is 94.7. The largest absolute Gasteiger partial charge is 0.508 e. The van der Waals surface area contributed by atoms with Crippen molar-refractivity contribution in [2.24, 2.45) is 5.73 Å².